The summed E-state index contributed by atoms with van der Waals surface area (Å²) < 4.78 is 51.1. The van der Waals surface area contributed by atoms with Crippen molar-refractivity contribution in [2.24, 2.45) is 0 Å². The topological polar surface area (TPSA) is 15.3 Å². The van der Waals surface area contributed by atoms with E-state index in [9.17, 15) is 17.6 Å². The van der Waals surface area contributed by atoms with E-state index in [1.54, 1.807) is 11.9 Å². The van der Waals surface area contributed by atoms with Crippen molar-refractivity contribution in [3.8, 4) is 0 Å². The van der Waals surface area contributed by atoms with Crippen molar-refractivity contribution in [3.05, 3.63) is 29.6 Å². The number of benzene rings is 1. The summed E-state index contributed by atoms with van der Waals surface area (Å²) in [5, 5.41) is 3.27. The van der Waals surface area contributed by atoms with Crippen molar-refractivity contribution >= 4 is 5.69 Å². The molecule has 1 unspecified atom stereocenters. The minimum Gasteiger partial charge on any atom is -0.371 e. The van der Waals surface area contributed by atoms with E-state index in [0.29, 0.717) is 12.6 Å². The average Bonchev–Trinajstić information content (AvgIpc) is 2.80. The van der Waals surface area contributed by atoms with E-state index in [2.05, 4.69) is 5.32 Å². The van der Waals surface area contributed by atoms with Crippen LogP contribution in [0.5, 0.6) is 0 Å². The molecule has 1 fully saturated rings. The predicted octanol–water partition coefficient (Wildman–Crippen LogP) is 3.03. The van der Waals surface area contributed by atoms with Gasteiger partial charge in [0.1, 0.15) is 5.82 Å². The zero-order valence-corrected chi connectivity index (χ0v) is 10.6. The van der Waals surface area contributed by atoms with Crippen molar-refractivity contribution < 1.29 is 17.6 Å². The van der Waals surface area contributed by atoms with Crippen molar-refractivity contribution in [1.82, 2.24) is 5.32 Å². The molecule has 1 saturated heterocycles. The highest BCUT2D eigenvalue weighted by molar-refractivity contribution is 5.49. The highest BCUT2D eigenvalue weighted by Crippen LogP contribution is 2.32. The SMILES string of the molecule is CN(CC1CCCN1)c1ccc(C(F)(F)F)cc1F. The minimum atomic E-state index is -4.51. The Bertz CT molecular complexity index is 439. The van der Waals surface area contributed by atoms with E-state index in [-0.39, 0.29) is 11.7 Å². The summed E-state index contributed by atoms with van der Waals surface area (Å²) in [6, 6.07) is 2.92. The van der Waals surface area contributed by atoms with Gasteiger partial charge in [-0.1, -0.05) is 0 Å². The van der Waals surface area contributed by atoms with Crippen molar-refractivity contribution in [2.45, 2.75) is 25.1 Å². The smallest absolute Gasteiger partial charge is 0.371 e. The maximum atomic E-state index is 13.7. The van der Waals surface area contributed by atoms with Gasteiger partial charge in [-0.15, -0.1) is 0 Å². The molecule has 2 rings (SSSR count). The number of rotatable bonds is 3. The molecule has 2 nitrogen and oxygen atoms in total. The normalized spacial score (nSPS) is 19.7. The Balaban J connectivity index is 2.11. The van der Waals surface area contributed by atoms with Crippen LogP contribution in [-0.4, -0.2) is 26.2 Å². The Labute approximate surface area is 109 Å². The number of anilines is 1. The first-order valence-electron chi connectivity index (χ1n) is 6.19. The molecule has 1 atom stereocenters. The molecule has 106 valence electrons. The second-order valence-corrected chi connectivity index (χ2v) is 4.84. The fraction of sp³-hybridized carbons (Fsp3) is 0.538. The number of halogens is 4. The van der Waals surface area contributed by atoms with Crippen LogP contribution in [0.3, 0.4) is 0 Å². The Hall–Kier alpha value is -1.30. The van der Waals surface area contributed by atoms with Gasteiger partial charge in [-0.3, -0.25) is 0 Å². The molecule has 1 aromatic carbocycles. The second kappa shape index (κ2) is 5.36. The minimum absolute atomic E-state index is 0.196. The fourth-order valence-electron chi connectivity index (χ4n) is 2.33. The largest absolute Gasteiger partial charge is 0.416 e. The summed E-state index contributed by atoms with van der Waals surface area (Å²) in [7, 11) is 1.69. The third kappa shape index (κ3) is 3.37. The molecule has 0 amide bonds. The first-order chi connectivity index (χ1) is 8.88. The van der Waals surface area contributed by atoms with Gasteiger partial charge in [-0.25, -0.2) is 4.39 Å². The molecular formula is C13H16F4N2. The van der Waals surface area contributed by atoms with Gasteiger partial charge in [0.15, 0.2) is 0 Å². The van der Waals surface area contributed by atoms with Crippen LogP contribution in [0.1, 0.15) is 18.4 Å². The van der Waals surface area contributed by atoms with E-state index in [1.165, 1.54) is 6.07 Å². The van der Waals surface area contributed by atoms with Gasteiger partial charge in [0.25, 0.3) is 0 Å². The Morgan fingerprint density at radius 1 is 1.37 bits per heavy atom. The first kappa shape index (κ1) is 14.1. The highest BCUT2D eigenvalue weighted by Gasteiger charge is 2.31. The number of likely N-dealkylation sites (N-methyl/N-ethyl adjacent to an activating group) is 1. The van der Waals surface area contributed by atoms with E-state index >= 15 is 0 Å². The lowest BCUT2D eigenvalue weighted by molar-refractivity contribution is -0.137. The van der Waals surface area contributed by atoms with Crippen molar-refractivity contribution in [3.63, 3.8) is 0 Å². The van der Waals surface area contributed by atoms with Crippen LogP contribution < -0.4 is 10.2 Å². The molecule has 1 aliphatic heterocycles. The molecule has 1 aromatic rings. The number of hydrogen-bond donors (Lipinski definition) is 1. The molecule has 6 heteroatoms. The molecule has 1 N–H and O–H groups in total. The number of alkyl halides is 3. The summed E-state index contributed by atoms with van der Waals surface area (Å²) in [5.41, 5.74) is -0.761. The Morgan fingerprint density at radius 2 is 2.11 bits per heavy atom. The lowest BCUT2D eigenvalue weighted by Crippen LogP contribution is -2.35. The Kier molecular flexibility index (Phi) is 3.99. The Morgan fingerprint density at radius 3 is 2.63 bits per heavy atom. The van der Waals surface area contributed by atoms with Gasteiger partial charge < -0.3 is 10.2 Å². The monoisotopic (exact) mass is 276 g/mol. The van der Waals surface area contributed by atoms with Crippen molar-refractivity contribution in [1.29, 1.82) is 0 Å². The zero-order valence-electron chi connectivity index (χ0n) is 10.6. The van der Waals surface area contributed by atoms with Gasteiger partial charge in [0.05, 0.1) is 11.3 Å². The standard InChI is InChI=1S/C13H16F4N2/c1-19(8-10-3-2-6-18-10)12-5-4-9(7-11(12)14)13(15,16)17/h4-5,7,10,18H,2-3,6,8H2,1H3. The van der Waals surface area contributed by atoms with Gasteiger partial charge in [-0.05, 0) is 37.6 Å². The number of hydrogen-bond acceptors (Lipinski definition) is 2. The van der Waals surface area contributed by atoms with Gasteiger partial charge in [0, 0.05) is 19.6 Å². The molecule has 1 aliphatic rings. The van der Waals surface area contributed by atoms with E-state index in [4.69, 9.17) is 0 Å². The van der Waals surface area contributed by atoms with Crippen LogP contribution in [0.4, 0.5) is 23.2 Å². The highest BCUT2D eigenvalue weighted by atomic mass is 19.4. The zero-order chi connectivity index (χ0) is 14.0. The van der Waals surface area contributed by atoms with Crippen LogP contribution in [0.15, 0.2) is 18.2 Å². The summed E-state index contributed by atoms with van der Waals surface area (Å²) in [5.74, 6) is -0.838. The fourth-order valence-corrected chi connectivity index (χ4v) is 2.33. The van der Waals surface area contributed by atoms with Gasteiger partial charge >= 0.3 is 6.18 Å². The molecule has 0 aliphatic carbocycles. The van der Waals surface area contributed by atoms with Crippen LogP contribution in [0.2, 0.25) is 0 Å². The van der Waals surface area contributed by atoms with E-state index < -0.39 is 17.6 Å². The molecule has 0 aromatic heterocycles. The summed E-state index contributed by atoms with van der Waals surface area (Å²) in [6.07, 6.45) is -2.43. The number of nitrogens with zero attached hydrogens (tertiary/aromatic N) is 1. The maximum Gasteiger partial charge on any atom is 0.416 e. The van der Waals surface area contributed by atoms with Crippen LogP contribution in [0.25, 0.3) is 0 Å². The third-order valence-electron chi connectivity index (χ3n) is 3.34. The lowest BCUT2D eigenvalue weighted by Gasteiger charge is -2.24. The third-order valence-corrected chi connectivity index (χ3v) is 3.34. The van der Waals surface area contributed by atoms with Gasteiger partial charge in [0.2, 0.25) is 0 Å². The predicted molar refractivity (Wildman–Crippen MR) is 65.7 cm³/mol. The van der Waals surface area contributed by atoms with Gasteiger partial charge in [-0.2, -0.15) is 13.2 Å². The second-order valence-electron chi connectivity index (χ2n) is 4.84. The summed E-state index contributed by atoms with van der Waals surface area (Å²) in [6.45, 7) is 1.52. The number of nitrogens with one attached hydrogen (secondary N) is 1. The molecule has 0 bridgehead atoms. The first-order valence-corrected chi connectivity index (χ1v) is 6.19. The van der Waals surface area contributed by atoms with Crippen LogP contribution in [0, 0.1) is 5.82 Å². The summed E-state index contributed by atoms with van der Waals surface area (Å²) in [4.78, 5) is 1.65. The molecule has 0 radical (unpaired) electrons. The molecular weight excluding hydrogens is 260 g/mol. The quantitative estimate of drug-likeness (QED) is 0.854. The van der Waals surface area contributed by atoms with E-state index in [1.807, 2.05) is 0 Å². The molecule has 1 heterocycles. The summed E-state index contributed by atoms with van der Waals surface area (Å²) >= 11 is 0. The lowest BCUT2D eigenvalue weighted by atomic mass is 10.1. The van der Waals surface area contributed by atoms with Crippen LogP contribution in [-0.2, 0) is 6.18 Å². The van der Waals surface area contributed by atoms with Crippen molar-refractivity contribution in [2.75, 3.05) is 25.0 Å². The molecule has 0 spiro atoms. The van der Waals surface area contributed by atoms with E-state index in [0.717, 1.165) is 25.5 Å². The maximum absolute atomic E-state index is 13.7. The average molecular weight is 276 g/mol. The molecule has 19 heavy (non-hydrogen) atoms. The molecule has 0 saturated carbocycles. The van der Waals surface area contributed by atoms with Crippen LogP contribution >= 0.6 is 0 Å².